The van der Waals surface area contributed by atoms with Gasteiger partial charge in [-0.05, 0) is 65.1 Å². The minimum atomic E-state index is -0.515. The summed E-state index contributed by atoms with van der Waals surface area (Å²) >= 11 is 6.13. The van der Waals surface area contributed by atoms with Gasteiger partial charge >= 0.3 is 0 Å². The molecule has 0 atom stereocenters. The molecule has 0 saturated heterocycles. The number of anilines is 1. The number of benzene rings is 3. The highest BCUT2D eigenvalue weighted by molar-refractivity contribution is 6.30. The van der Waals surface area contributed by atoms with Gasteiger partial charge < -0.3 is 5.32 Å². The maximum Gasteiger partial charge on any atom is 0.266 e. The number of carbonyl (C=O) groups excluding carboxylic acids is 1. The van der Waals surface area contributed by atoms with Crippen molar-refractivity contribution in [3.63, 3.8) is 0 Å². The summed E-state index contributed by atoms with van der Waals surface area (Å²) in [5.74, 6) is -0.824. The molecule has 0 aliphatic carbocycles. The number of hydrogen-bond donors (Lipinski definition) is 1. The van der Waals surface area contributed by atoms with Crippen molar-refractivity contribution >= 4 is 29.3 Å². The monoisotopic (exact) mass is 418 g/mol. The molecule has 0 aromatic heterocycles. The molecule has 0 aliphatic heterocycles. The summed E-state index contributed by atoms with van der Waals surface area (Å²) in [5, 5.41) is 12.7. The molecule has 1 N–H and O–H groups in total. The van der Waals surface area contributed by atoms with E-state index in [-0.39, 0.29) is 11.4 Å². The van der Waals surface area contributed by atoms with Gasteiger partial charge in [-0.25, -0.2) is 4.39 Å². The summed E-state index contributed by atoms with van der Waals surface area (Å²) in [4.78, 5) is 12.6. The minimum absolute atomic E-state index is 0.0633. The van der Waals surface area contributed by atoms with Crippen LogP contribution in [0, 0.1) is 17.1 Å². The predicted molar refractivity (Wildman–Crippen MR) is 119 cm³/mol. The van der Waals surface area contributed by atoms with Gasteiger partial charge in [-0.15, -0.1) is 0 Å². The molecule has 5 heteroatoms. The van der Waals surface area contributed by atoms with Gasteiger partial charge in [-0.3, -0.25) is 4.79 Å². The van der Waals surface area contributed by atoms with Crippen LogP contribution in [0.5, 0.6) is 0 Å². The summed E-state index contributed by atoms with van der Waals surface area (Å²) in [6.07, 6.45) is 2.70. The molecule has 0 fully saturated rings. The van der Waals surface area contributed by atoms with Crippen molar-refractivity contribution in [3.8, 4) is 6.07 Å². The number of nitrogens with zero attached hydrogens (tertiary/aromatic N) is 1. The molecular weight excluding hydrogens is 399 g/mol. The Labute approximate surface area is 180 Å². The van der Waals surface area contributed by atoms with E-state index in [1.54, 1.807) is 48.5 Å². The average Bonchev–Trinajstić information content (AvgIpc) is 2.75. The fourth-order valence-corrected chi connectivity index (χ4v) is 3.21. The molecule has 0 radical (unpaired) electrons. The van der Waals surface area contributed by atoms with Gasteiger partial charge in [0.15, 0.2) is 0 Å². The lowest BCUT2D eigenvalue weighted by atomic mass is 9.98. The van der Waals surface area contributed by atoms with E-state index < -0.39 is 5.91 Å². The van der Waals surface area contributed by atoms with E-state index in [4.69, 9.17) is 11.6 Å². The van der Waals surface area contributed by atoms with Crippen LogP contribution < -0.4 is 5.32 Å². The standard InChI is InChI=1S/C25H20ClFN2O/c1-2-17-7-11-23(12-8-17)29-25(30)21(16-28)14-20-15-22(26)10-9-18(20)13-19-5-3-4-6-24(19)27/h3-12,14-15H,2,13H2,1H3,(H,29,30)/b21-14+. The van der Waals surface area contributed by atoms with Gasteiger partial charge in [-0.1, -0.05) is 54.9 Å². The van der Waals surface area contributed by atoms with Crippen LogP contribution in [0.15, 0.2) is 72.3 Å². The second-order valence-corrected chi connectivity index (χ2v) is 7.22. The molecule has 0 unspecified atom stereocenters. The lowest BCUT2D eigenvalue weighted by Crippen LogP contribution is -2.13. The van der Waals surface area contributed by atoms with Crippen LogP contribution in [-0.4, -0.2) is 5.91 Å². The molecule has 3 rings (SSSR count). The molecule has 3 aromatic rings. The zero-order valence-corrected chi connectivity index (χ0v) is 17.2. The van der Waals surface area contributed by atoms with Crippen molar-refractivity contribution in [3.05, 3.63) is 105 Å². The molecule has 0 aliphatic rings. The molecule has 3 nitrogen and oxygen atoms in total. The summed E-state index contributed by atoms with van der Waals surface area (Å²) in [6, 6.07) is 21.0. The molecule has 0 bridgehead atoms. The highest BCUT2D eigenvalue weighted by Gasteiger charge is 2.13. The number of halogens is 2. The van der Waals surface area contributed by atoms with Gasteiger partial charge in [0.1, 0.15) is 17.5 Å². The lowest BCUT2D eigenvalue weighted by Gasteiger charge is -2.10. The Hall–Kier alpha value is -3.42. The highest BCUT2D eigenvalue weighted by Crippen LogP contribution is 2.23. The van der Waals surface area contributed by atoms with Crippen molar-refractivity contribution in [2.24, 2.45) is 0 Å². The first-order chi connectivity index (χ1) is 14.5. The van der Waals surface area contributed by atoms with Crippen LogP contribution in [-0.2, 0) is 17.6 Å². The third kappa shape index (κ3) is 5.34. The molecule has 30 heavy (non-hydrogen) atoms. The van der Waals surface area contributed by atoms with Crippen LogP contribution in [0.3, 0.4) is 0 Å². The maximum atomic E-state index is 14.1. The third-order valence-electron chi connectivity index (χ3n) is 4.73. The number of nitriles is 1. The van der Waals surface area contributed by atoms with Crippen molar-refractivity contribution in [1.29, 1.82) is 5.26 Å². The predicted octanol–water partition coefficient (Wildman–Crippen LogP) is 6.18. The fraction of sp³-hybridized carbons (Fsp3) is 0.120. The largest absolute Gasteiger partial charge is 0.321 e. The number of rotatable bonds is 6. The molecule has 1 amide bonds. The smallest absolute Gasteiger partial charge is 0.266 e. The molecular formula is C25H20ClFN2O. The Morgan fingerprint density at radius 3 is 2.50 bits per heavy atom. The Morgan fingerprint density at radius 2 is 1.83 bits per heavy atom. The number of amides is 1. The van der Waals surface area contributed by atoms with Gasteiger partial charge in [0, 0.05) is 17.1 Å². The van der Waals surface area contributed by atoms with Crippen LogP contribution >= 0.6 is 11.6 Å². The summed E-state index contributed by atoms with van der Waals surface area (Å²) in [5.41, 5.74) is 3.58. The van der Waals surface area contributed by atoms with Crippen molar-refractivity contribution in [2.45, 2.75) is 19.8 Å². The van der Waals surface area contributed by atoms with Crippen molar-refractivity contribution in [2.75, 3.05) is 5.32 Å². The van der Waals surface area contributed by atoms with Gasteiger partial charge in [0.25, 0.3) is 5.91 Å². The number of hydrogen-bond acceptors (Lipinski definition) is 2. The van der Waals surface area contributed by atoms with E-state index in [1.165, 1.54) is 12.1 Å². The van der Waals surface area contributed by atoms with Gasteiger partial charge in [0.05, 0.1) is 0 Å². The molecule has 0 heterocycles. The number of aryl methyl sites for hydroxylation is 1. The van der Waals surface area contributed by atoms with Crippen molar-refractivity contribution in [1.82, 2.24) is 0 Å². The SMILES string of the molecule is CCc1ccc(NC(=O)/C(C#N)=C/c2cc(Cl)ccc2Cc2ccccc2F)cc1. The first kappa shape index (κ1) is 21.3. The van der Waals surface area contributed by atoms with Crippen LogP contribution in [0.2, 0.25) is 5.02 Å². The first-order valence-electron chi connectivity index (χ1n) is 9.54. The zero-order chi connectivity index (χ0) is 21.5. The maximum absolute atomic E-state index is 14.1. The average molecular weight is 419 g/mol. The normalized spacial score (nSPS) is 11.1. The summed E-state index contributed by atoms with van der Waals surface area (Å²) in [6.45, 7) is 2.05. The molecule has 0 saturated carbocycles. The highest BCUT2D eigenvalue weighted by atomic mass is 35.5. The van der Waals surface area contributed by atoms with Crippen molar-refractivity contribution < 1.29 is 9.18 Å². The molecule has 3 aromatic carbocycles. The first-order valence-corrected chi connectivity index (χ1v) is 9.92. The van der Waals surface area contributed by atoms with Gasteiger partial charge in [-0.2, -0.15) is 5.26 Å². The van der Waals surface area contributed by atoms with Crippen LogP contribution in [0.4, 0.5) is 10.1 Å². The van der Waals surface area contributed by atoms with Crippen LogP contribution in [0.25, 0.3) is 6.08 Å². The van der Waals surface area contributed by atoms with Crippen LogP contribution in [0.1, 0.15) is 29.2 Å². The van der Waals surface area contributed by atoms with E-state index in [0.717, 1.165) is 17.5 Å². The summed E-state index contributed by atoms with van der Waals surface area (Å²) in [7, 11) is 0. The molecule has 0 spiro atoms. The van der Waals surface area contributed by atoms with Gasteiger partial charge in [0.2, 0.25) is 0 Å². The topological polar surface area (TPSA) is 52.9 Å². The lowest BCUT2D eigenvalue weighted by molar-refractivity contribution is -0.112. The van der Waals surface area contributed by atoms with E-state index in [1.807, 2.05) is 25.1 Å². The Kier molecular flexibility index (Phi) is 7.00. The number of nitrogens with one attached hydrogen (secondary N) is 1. The second-order valence-electron chi connectivity index (χ2n) is 6.79. The Balaban J connectivity index is 1.89. The van der Waals surface area contributed by atoms with E-state index in [9.17, 15) is 14.4 Å². The van der Waals surface area contributed by atoms with E-state index in [0.29, 0.717) is 28.3 Å². The number of carbonyl (C=O) groups is 1. The Morgan fingerprint density at radius 1 is 1.10 bits per heavy atom. The summed E-state index contributed by atoms with van der Waals surface area (Å²) < 4.78 is 14.1. The minimum Gasteiger partial charge on any atom is -0.321 e. The Bertz CT molecular complexity index is 1130. The second kappa shape index (κ2) is 9.87. The van der Waals surface area contributed by atoms with E-state index >= 15 is 0 Å². The fourth-order valence-electron chi connectivity index (χ4n) is 3.03. The van der Waals surface area contributed by atoms with E-state index in [2.05, 4.69) is 5.32 Å². The third-order valence-corrected chi connectivity index (χ3v) is 4.97. The zero-order valence-electron chi connectivity index (χ0n) is 16.5. The molecule has 150 valence electrons. The quantitative estimate of drug-likeness (QED) is 0.384.